The van der Waals surface area contributed by atoms with Crippen LogP contribution >= 0.6 is 11.6 Å². The van der Waals surface area contributed by atoms with Crippen molar-refractivity contribution in [1.29, 1.82) is 0 Å². The van der Waals surface area contributed by atoms with Gasteiger partial charge >= 0.3 is 5.97 Å². The monoisotopic (exact) mass is 281 g/mol. The molecule has 1 heterocycles. The fourth-order valence-electron chi connectivity index (χ4n) is 1.68. The van der Waals surface area contributed by atoms with E-state index < -0.39 is 5.97 Å². The second-order valence-corrected chi connectivity index (χ2v) is 4.13. The lowest BCUT2D eigenvalue weighted by Gasteiger charge is -2.10. The third-order valence-electron chi connectivity index (χ3n) is 2.53. The fourth-order valence-corrected chi connectivity index (χ4v) is 1.97. The quantitative estimate of drug-likeness (QED) is 0.631. The lowest BCUT2D eigenvalue weighted by atomic mass is 10.1. The molecule has 0 saturated heterocycles. The molecule has 0 saturated carbocycles. The van der Waals surface area contributed by atoms with Crippen LogP contribution in [0.1, 0.15) is 12.5 Å². The maximum atomic E-state index is 11.5. The van der Waals surface area contributed by atoms with Gasteiger partial charge in [-0.15, -0.1) is 0 Å². The van der Waals surface area contributed by atoms with Crippen LogP contribution in [0.3, 0.4) is 0 Å². The number of methoxy groups -OCH3 is 2. The molecule has 19 heavy (non-hydrogen) atoms. The van der Waals surface area contributed by atoms with E-state index in [2.05, 4.69) is 4.99 Å². The van der Waals surface area contributed by atoms with Crippen molar-refractivity contribution in [2.75, 3.05) is 14.2 Å². The predicted octanol–water partition coefficient (Wildman–Crippen LogP) is 2.67. The van der Waals surface area contributed by atoms with Crippen LogP contribution in [0.4, 0.5) is 0 Å². The van der Waals surface area contributed by atoms with Crippen molar-refractivity contribution in [1.82, 2.24) is 0 Å². The number of aliphatic imine (C=N–C) groups is 1. The van der Waals surface area contributed by atoms with E-state index in [1.54, 1.807) is 25.1 Å². The van der Waals surface area contributed by atoms with E-state index in [-0.39, 0.29) is 5.70 Å². The summed E-state index contributed by atoms with van der Waals surface area (Å²) >= 11 is 6.21. The van der Waals surface area contributed by atoms with Crippen molar-refractivity contribution in [3.63, 3.8) is 0 Å². The molecule has 1 aromatic rings. The van der Waals surface area contributed by atoms with Gasteiger partial charge < -0.3 is 14.2 Å². The Balaban J connectivity index is 2.47. The van der Waals surface area contributed by atoms with Gasteiger partial charge in [-0.2, -0.15) is 0 Å². The van der Waals surface area contributed by atoms with E-state index in [4.69, 9.17) is 25.8 Å². The van der Waals surface area contributed by atoms with Crippen molar-refractivity contribution >= 4 is 29.5 Å². The number of hydrogen-bond acceptors (Lipinski definition) is 5. The van der Waals surface area contributed by atoms with E-state index in [1.165, 1.54) is 14.2 Å². The largest absolute Gasteiger partial charge is 0.493 e. The zero-order valence-electron chi connectivity index (χ0n) is 10.7. The first-order valence-corrected chi connectivity index (χ1v) is 5.84. The topological polar surface area (TPSA) is 57.1 Å². The number of nitrogens with zero attached hydrogens (tertiary/aromatic N) is 1. The average Bonchev–Trinajstić information content (AvgIpc) is 2.70. The molecule has 5 nitrogen and oxygen atoms in total. The molecule has 1 aliphatic rings. The van der Waals surface area contributed by atoms with Gasteiger partial charge in [0.1, 0.15) is 0 Å². The van der Waals surface area contributed by atoms with Gasteiger partial charge in [0.05, 0.1) is 19.2 Å². The van der Waals surface area contributed by atoms with Crippen LogP contribution in [-0.4, -0.2) is 26.1 Å². The number of benzene rings is 1. The molecule has 0 bridgehead atoms. The van der Waals surface area contributed by atoms with Gasteiger partial charge in [-0.3, -0.25) is 0 Å². The fraction of sp³-hybridized carbons (Fsp3) is 0.231. The van der Waals surface area contributed by atoms with Crippen LogP contribution in [-0.2, 0) is 9.53 Å². The van der Waals surface area contributed by atoms with Crippen LogP contribution in [0.25, 0.3) is 6.08 Å². The Hall–Kier alpha value is -2.01. The SMILES string of the molecule is COc1ccc(C=C2N=C(C)OC2=O)c(Cl)c1OC. The Morgan fingerprint density at radius 1 is 1.32 bits per heavy atom. The first kappa shape index (κ1) is 13.4. The molecule has 0 amide bonds. The Morgan fingerprint density at radius 2 is 2.05 bits per heavy atom. The number of hydrogen-bond donors (Lipinski definition) is 0. The van der Waals surface area contributed by atoms with Gasteiger partial charge in [0, 0.05) is 6.92 Å². The molecule has 1 aromatic carbocycles. The molecule has 0 aliphatic carbocycles. The predicted molar refractivity (Wildman–Crippen MR) is 71.7 cm³/mol. The van der Waals surface area contributed by atoms with Crippen molar-refractivity contribution in [3.8, 4) is 11.5 Å². The van der Waals surface area contributed by atoms with Gasteiger partial charge in [-0.25, -0.2) is 9.79 Å². The van der Waals surface area contributed by atoms with E-state index in [0.717, 1.165) is 0 Å². The van der Waals surface area contributed by atoms with Crippen molar-refractivity contribution in [2.45, 2.75) is 6.92 Å². The third kappa shape index (κ3) is 2.56. The minimum absolute atomic E-state index is 0.201. The van der Waals surface area contributed by atoms with Gasteiger partial charge in [0.25, 0.3) is 0 Å². The molecule has 6 heteroatoms. The highest BCUT2D eigenvalue weighted by atomic mass is 35.5. The van der Waals surface area contributed by atoms with E-state index in [0.29, 0.717) is 28.0 Å². The molecule has 0 spiro atoms. The molecule has 100 valence electrons. The highest BCUT2D eigenvalue weighted by Gasteiger charge is 2.21. The molecule has 0 unspecified atom stereocenters. The molecular weight excluding hydrogens is 270 g/mol. The first-order chi connectivity index (χ1) is 9.06. The van der Waals surface area contributed by atoms with Gasteiger partial charge in [0.15, 0.2) is 23.1 Å². The Labute approximate surface area is 115 Å². The Morgan fingerprint density at radius 3 is 2.58 bits per heavy atom. The minimum atomic E-state index is -0.497. The molecular formula is C13H12ClNO4. The van der Waals surface area contributed by atoms with Crippen LogP contribution < -0.4 is 9.47 Å². The Bertz CT molecular complexity index is 593. The smallest absolute Gasteiger partial charge is 0.363 e. The van der Waals surface area contributed by atoms with Gasteiger partial charge in [-0.1, -0.05) is 11.6 Å². The Kier molecular flexibility index (Phi) is 3.76. The summed E-state index contributed by atoms with van der Waals surface area (Å²) in [5, 5.41) is 0.349. The van der Waals surface area contributed by atoms with Crippen LogP contribution in [0.15, 0.2) is 22.8 Å². The molecule has 0 atom stereocenters. The van der Waals surface area contributed by atoms with E-state index >= 15 is 0 Å². The summed E-state index contributed by atoms with van der Waals surface area (Å²) in [5.41, 5.74) is 0.802. The maximum Gasteiger partial charge on any atom is 0.363 e. The second kappa shape index (κ2) is 5.32. The number of cyclic esters (lactones) is 1. The normalized spacial score (nSPS) is 16.3. The molecule has 0 aromatic heterocycles. The molecule has 0 N–H and O–H groups in total. The van der Waals surface area contributed by atoms with Crippen LogP contribution in [0, 0.1) is 0 Å². The van der Waals surface area contributed by atoms with Crippen LogP contribution in [0.5, 0.6) is 11.5 Å². The maximum absolute atomic E-state index is 11.5. The molecule has 0 fully saturated rings. The standard InChI is InChI=1S/C13H12ClNO4/c1-7-15-9(13(16)19-7)6-8-4-5-10(17-2)12(18-3)11(8)14/h4-6H,1-3H3. The summed E-state index contributed by atoms with van der Waals surface area (Å²) in [5.74, 6) is 0.741. The number of carbonyl (C=O) groups is 1. The first-order valence-electron chi connectivity index (χ1n) is 5.46. The summed E-state index contributed by atoms with van der Waals surface area (Å²) < 4.78 is 15.1. The average molecular weight is 282 g/mol. The van der Waals surface area contributed by atoms with E-state index in [9.17, 15) is 4.79 Å². The molecule has 1 aliphatic heterocycles. The summed E-state index contributed by atoms with van der Waals surface area (Å²) in [6, 6.07) is 3.42. The van der Waals surface area contributed by atoms with Crippen molar-refractivity contribution < 1.29 is 19.0 Å². The zero-order chi connectivity index (χ0) is 14.0. The minimum Gasteiger partial charge on any atom is -0.493 e. The summed E-state index contributed by atoms with van der Waals surface area (Å²) in [6.07, 6.45) is 1.54. The molecule has 2 rings (SSSR count). The highest BCUT2D eigenvalue weighted by molar-refractivity contribution is 6.34. The van der Waals surface area contributed by atoms with Gasteiger partial charge in [-0.05, 0) is 23.8 Å². The van der Waals surface area contributed by atoms with Gasteiger partial charge in [0.2, 0.25) is 0 Å². The summed E-state index contributed by atoms with van der Waals surface area (Å²) in [6.45, 7) is 1.61. The lowest BCUT2D eigenvalue weighted by molar-refractivity contribution is -0.130. The van der Waals surface area contributed by atoms with Crippen molar-refractivity contribution in [2.24, 2.45) is 4.99 Å². The highest BCUT2D eigenvalue weighted by Crippen LogP contribution is 2.38. The van der Waals surface area contributed by atoms with Crippen LogP contribution in [0.2, 0.25) is 5.02 Å². The molecule has 0 radical (unpaired) electrons. The summed E-state index contributed by atoms with van der Waals surface area (Å²) in [4.78, 5) is 15.5. The lowest BCUT2D eigenvalue weighted by Crippen LogP contribution is -2.00. The number of rotatable bonds is 3. The zero-order valence-corrected chi connectivity index (χ0v) is 11.4. The number of halogens is 1. The summed E-state index contributed by atoms with van der Waals surface area (Å²) in [7, 11) is 3.01. The van der Waals surface area contributed by atoms with Crippen molar-refractivity contribution in [3.05, 3.63) is 28.4 Å². The number of esters is 1. The third-order valence-corrected chi connectivity index (χ3v) is 2.92. The number of ether oxygens (including phenoxy) is 3. The second-order valence-electron chi connectivity index (χ2n) is 3.75. The van der Waals surface area contributed by atoms with E-state index in [1.807, 2.05) is 0 Å². The number of carbonyl (C=O) groups excluding carboxylic acids is 1.